The summed E-state index contributed by atoms with van der Waals surface area (Å²) in [5.41, 5.74) is 0.776. The van der Waals surface area contributed by atoms with Crippen molar-refractivity contribution in [2.45, 2.75) is 6.04 Å². The van der Waals surface area contributed by atoms with Crippen molar-refractivity contribution in [2.24, 2.45) is 0 Å². The second kappa shape index (κ2) is 4.95. The van der Waals surface area contributed by atoms with Crippen LogP contribution in [-0.4, -0.2) is 21.3 Å². The number of aliphatic hydroxyl groups is 1. The Bertz CT molecular complexity index is 749. The molecule has 3 aromatic rings. The predicted octanol–water partition coefficient (Wildman–Crippen LogP) is 2.04. The molecule has 96 valence electrons. The molecule has 1 atom stereocenters. The highest BCUT2D eigenvalue weighted by molar-refractivity contribution is 7.16. The molecule has 0 aliphatic heterocycles. The summed E-state index contributed by atoms with van der Waals surface area (Å²) >= 11 is 1.44. The topological polar surface area (TPSA) is 55.1 Å². The lowest BCUT2D eigenvalue weighted by atomic mass is 10.1. The Morgan fingerprint density at radius 2 is 2.05 bits per heavy atom. The molecule has 0 amide bonds. The summed E-state index contributed by atoms with van der Waals surface area (Å²) < 4.78 is 1.49. The Kier molecular flexibility index (Phi) is 3.15. The lowest BCUT2D eigenvalue weighted by Gasteiger charge is -2.17. The highest BCUT2D eigenvalue weighted by atomic mass is 32.1. The fourth-order valence-electron chi connectivity index (χ4n) is 2.12. The monoisotopic (exact) mass is 272 g/mol. The van der Waals surface area contributed by atoms with E-state index in [-0.39, 0.29) is 12.2 Å². The molecule has 2 heterocycles. The number of hydrogen-bond donors (Lipinski definition) is 1. The normalized spacial score (nSPS) is 12.7. The van der Waals surface area contributed by atoms with Gasteiger partial charge in [-0.15, -0.1) is 11.3 Å². The molecule has 0 aliphatic rings. The Labute approximate surface area is 113 Å². The lowest BCUT2D eigenvalue weighted by molar-refractivity contribution is 0.246. The number of rotatable bonds is 3. The molecular weight excluding hydrogens is 260 g/mol. The number of thiophene rings is 1. The third-order valence-electron chi connectivity index (χ3n) is 3.10. The highest BCUT2D eigenvalue weighted by Crippen LogP contribution is 2.18. The average Bonchev–Trinajstić information content (AvgIpc) is 2.93. The fourth-order valence-corrected chi connectivity index (χ4v) is 2.84. The maximum Gasteiger partial charge on any atom is 0.262 e. The Balaban J connectivity index is 2.17. The minimum absolute atomic E-state index is 0.117. The van der Waals surface area contributed by atoms with E-state index in [0.717, 1.165) is 10.4 Å². The minimum atomic E-state index is -0.398. The molecule has 0 radical (unpaired) electrons. The predicted molar refractivity (Wildman–Crippen MR) is 75.5 cm³/mol. The molecule has 0 bridgehead atoms. The first-order valence-corrected chi connectivity index (χ1v) is 6.79. The molecule has 0 unspecified atom stereocenters. The number of hydrogen-bond acceptors (Lipinski definition) is 4. The van der Waals surface area contributed by atoms with Gasteiger partial charge in [0.05, 0.1) is 24.4 Å². The van der Waals surface area contributed by atoms with Crippen molar-refractivity contribution >= 4 is 21.6 Å². The van der Waals surface area contributed by atoms with Gasteiger partial charge in [0, 0.05) is 0 Å². The van der Waals surface area contributed by atoms with Crippen molar-refractivity contribution < 1.29 is 5.11 Å². The maximum atomic E-state index is 12.4. The zero-order valence-corrected chi connectivity index (χ0v) is 10.9. The molecule has 19 heavy (non-hydrogen) atoms. The smallest absolute Gasteiger partial charge is 0.262 e. The molecule has 0 saturated heterocycles. The Morgan fingerprint density at radius 3 is 2.79 bits per heavy atom. The van der Waals surface area contributed by atoms with Crippen LogP contribution in [0.2, 0.25) is 0 Å². The van der Waals surface area contributed by atoms with E-state index in [0.29, 0.717) is 5.39 Å². The average molecular weight is 272 g/mol. The van der Waals surface area contributed by atoms with Crippen molar-refractivity contribution in [1.29, 1.82) is 0 Å². The van der Waals surface area contributed by atoms with Crippen molar-refractivity contribution in [3.8, 4) is 0 Å². The Hall–Kier alpha value is -1.98. The van der Waals surface area contributed by atoms with Crippen LogP contribution in [0.25, 0.3) is 10.2 Å². The molecule has 0 saturated carbocycles. The molecule has 2 aromatic heterocycles. The molecule has 5 heteroatoms. The van der Waals surface area contributed by atoms with Gasteiger partial charge in [0.1, 0.15) is 4.83 Å². The van der Waals surface area contributed by atoms with Crippen LogP contribution in [0.5, 0.6) is 0 Å². The lowest BCUT2D eigenvalue weighted by Crippen LogP contribution is -2.27. The van der Waals surface area contributed by atoms with Gasteiger partial charge in [-0.25, -0.2) is 4.98 Å². The maximum absolute atomic E-state index is 12.4. The van der Waals surface area contributed by atoms with Crippen LogP contribution in [0.15, 0.2) is 52.9 Å². The van der Waals surface area contributed by atoms with Gasteiger partial charge >= 0.3 is 0 Å². The van der Waals surface area contributed by atoms with Crippen LogP contribution in [0.3, 0.4) is 0 Å². The van der Waals surface area contributed by atoms with E-state index in [1.54, 1.807) is 6.07 Å². The molecule has 1 N–H and O–H groups in total. The first-order chi connectivity index (χ1) is 9.31. The van der Waals surface area contributed by atoms with Gasteiger partial charge in [-0.1, -0.05) is 30.3 Å². The van der Waals surface area contributed by atoms with E-state index in [1.807, 2.05) is 35.7 Å². The van der Waals surface area contributed by atoms with Crippen molar-refractivity contribution in [3.63, 3.8) is 0 Å². The van der Waals surface area contributed by atoms with E-state index in [4.69, 9.17) is 0 Å². The largest absolute Gasteiger partial charge is 0.394 e. The van der Waals surface area contributed by atoms with Crippen LogP contribution in [-0.2, 0) is 0 Å². The molecule has 3 rings (SSSR count). The van der Waals surface area contributed by atoms with Crippen molar-refractivity contribution in [3.05, 3.63) is 64.0 Å². The molecule has 0 fully saturated rings. The van der Waals surface area contributed by atoms with Crippen LogP contribution < -0.4 is 5.56 Å². The van der Waals surface area contributed by atoms with Crippen LogP contribution in [0, 0.1) is 0 Å². The summed E-state index contributed by atoms with van der Waals surface area (Å²) in [5, 5.41) is 12.0. The van der Waals surface area contributed by atoms with E-state index >= 15 is 0 Å². The SMILES string of the molecule is O=c1c2ccsc2ncn1[C@H](CO)c1ccccc1. The summed E-state index contributed by atoms with van der Waals surface area (Å²) in [7, 11) is 0. The third kappa shape index (κ3) is 2.07. The number of nitrogens with zero attached hydrogens (tertiary/aromatic N) is 2. The second-order valence-electron chi connectivity index (χ2n) is 4.21. The van der Waals surface area contributed by atoms with Gasteiger partial charge in [0.25, 0.3) is 5.56 Å². The fraction of sp³-hybridized carbons (Fsp3) is 0.143. The summed E-state index contributed by atoms with van der Waals surface area (Å²) in [6, 6.07) is 10.8. The van der Waals surface area contributed by atoms with Gasteiger partial charge in [-0.2, -0.15) is 0 Å². The first-order valence-electron chi connectivity index (χ1n) is 5.91. The van der Waals surface area contributed by atoms with Crippen LogP contribution in [0.4, 0.5) is 0 Å². The second-order valence-corrected chi connectivity index (χ2v) is 5.10. The third-order valence-corrected chi connectivity index (χ3v) is 3.92. The van der Waals surface area contributed by atoms with Crippen LogP contribution >= 0.6 is 11.3 Å². The standard InChI is InChI=1S/C14H12N2O2S/c17-8-12(10-4-2-1-3-5-10)16-9-15-13-11(14(16)18)6-7-19-13/h1-7,9,12,17H,8H2/t12-/m1/s1. The number of fused-ring (bicyclic) bond motifs is 1. The molecule has 1 aromatic carbocycles. The van der Waals surface area contributed by atoms with E-state index in [9.17, 15) is 9.90 Å². The van der Waals surface area contributed by atoms with Crippen LogP contribution in [0.1, 0.15) is 11.6 Å². The molecule has 0 aliphatic carbocycles. The Morgan fingerprint density at radius 1 is 1.26 bits per heavy atom. The van der Waals surface area contributed by atoms with Crippen molar-refractivity contribution in [1.82, 2.24) is 9.55 Å². The molecule has 4 nitrogen and oxygen atoms in total. The van der Waals surface area contributed by atoms with Gasteiger partial charge < -0.3 is 5.11 Å². The highest BCUT2D eigenvalue weighted by Gasteiger charge is 2.15. The quantitative estimate of drug-likeness (QED) is 0.794. The zero-order chi connectivity index (χ0) is 13.2. The summed E-state index contributed by atoms with van der Waals surface area (Å²) in [6.07, 6.45) is 1.51. The van der Waals surface area contributed by atoms with Gasteiger partial charge in [-0.05, 0) is 17.0 Å². The molecule has 0 spiro atoms. The van der Waals surface area contributed by atoms with E-state index in [2.05, 4.69) is 4.98 Å². The zero-order valence-electron chi connectivity index (χ0n) is 10.1. The number of aliphatic hydroxyl groups excluding tert-OH is 1. The van der Waals surface area contributed by atoms with Crippen molar-refractivity contribution in [2.75, 3.05) is 6.61 Å². The van der Waals surface area contributed by atoms with E-state index in [1.165, 1.54) is 22.2 Å². The molecular formula is C14H12N2O2S. The first kappa shape index (κ1) is 12.1. The van der Waals surface area contributed by atoms with E-state index < -0.39 is 6.04 Å². The summed E-state index contributed by atoms with van der Waals surface area (Å²) in [4.78, 5) is 17.4. The number of aromatic nitrogens is 2. The summed E-state index contributed by atoms with van der Waals surface area (Å²) in [6.45, 7) is -0.138. The van der Waals surface area contributed by atoms with Gasteiger partial charge in [0.15, 0.2) is 0 Å². The summed E-state index contributed by atoms with van der Waals surface area (Å²) in [5.74, 6) is 0. The minimum Gasteiger partial charge on any atom is -0.394 e. The van der Waals surface area contributed by atoms with Gasteiger partial charge in [0.2, 0.25) is 0 Å². The van der Waals surface area contributed by atoms with Gasteiger partial charge in [-0.3, -0.25) is 9.36 Å². The number of benzene rings is 1.